The van der Waals surface area contributed by atoms with Crippen LogP contribution in [0, 0.1) is 0 Å². The molecule has 0 radical (unpaired) electrons. The molecule has 2 heterocycles. The van der Waals surface area contributed by atoms with E-state index >= 15 is 0 Å². The van der Waals surface area contributed by atoms with Crippen molar-refractivity contribution >= 4 is 33.6 Å². The van der Waals surface area contributed by atoms with Crippen molar-refractivity contribution in [3.8, 4) is 17.2 Å². The third-order valence-electron chi connectivity index (χ3n) is 4.39. The van der Waals surface area contributed by atoms with Gasteiger partial charge in [0.2, 0.25) is 5.71 Å². The highest BCUT2D eigenvalue weighted by Gasteiger charge is 2.16. The lowest BCUT2D eigenvalue weighted by atomic mass is 10.2. The van der Waals surface area contributed by atoms with Gasteiger partial charge in [0.05, 0.1) is 32.5 Å². The van der Waals surface area contributed by atoms with E-state index in [4.69, 9.17) is 18.6 Å². The summed E-state index contributed by atoms with van der Waals surface area (Å²) in [5.41, 5.74) is 1.58. The Labute approximate surface area is 160 Å². The van der Waals surface area contributed by atoms with Gasteiger partial charge >= 0.3 is 0 Å². The number of fused-ring (bicyclic) bond motifs is 2. The predicted octanol–water partition coefficient (Wildman–Crippen LogP) is 4.26. The van der Waals surface area contributed by atoms with Crippen LogP contribution in [-0.4, -0.2) is 32.2 Å². The summed E-state index contributed by atoms with van der Waals surface area (Å²) >= 11 is 0. The summed E-state index contributed by atoms with van der Waals surface area (Å²) in [4.78, 5) is 17.2. The molecule has 1 N–H and O–H groups in total. The number of nitrogens with zero attached hydrogens (tertiary/aromatic N) is 1. The van der Waals surface area contributed by atoms with Gasteiger partial charge in [0.25, 0.3) is 5.91 Å². The Kier molecular flexibility index (Phi) is 4.49. The van der Waals surface area contributed by atoms with E-state index in [2.05, 4.69) is 10.3 Å². The molecule has 7 nitrogen and oxygen atoms in total. The maximum absolute atomic E-state index is 12.7. The number of furan rings is 1. The summed E-state index contributed by atoms with van der Waals surface area (Å²) in [5.74, 6) is 1.55. The monoisotopic (exact) mass is 378 g/mol. The van der Waals surface area contributed by atoms with Crippen LogP contribution in [0.15, 0.2) is 52.9 Å². The summed E-state index contributed by atoms with van der Waals surface area (Å²) in [5, 5.41) is 4.45. The molecule has 4 aromatic rings. The smallest absolute Gasteiger partial charge is 0.291 e. The van der Waals surface area contributed by atoms with Gasteiger partial charge in [-0.3, -0.25) is 4.79 Å². The molecule has 0 saturated heterocycles. The molecule has 2 aromatic heterocycles. The van der Waals surface area contributed by atoms with E-state index in [1.54, 1.807) is 38.5 Å². The number of anilines is 1. The molecule has 0 bridgehead atoms. The Balaban J connectivity index is 1.69. The molecule has 0 saturated carbocycles. The molecule has 7 heteroatoms. The number of hydrogen-bond donors (Lipinski definition) is 1. The highest BCUT2D eigenvalue weighted by molar-refractivity contribution is 6.06. The number of pyridine rings is 1. The van der Waals surface area contributed by atoms with Gasteiger partial charge in [-0.15, -0.1) is 0 Å². The fourth-order valence-corrected chi connectivity index (χ4v) is 2.94. The van der Waals surface area contributed by atoms with Crippen LogP contribution in [-0.2, 0) is 0 Å². The Morgan fingerprint density at radius 3 is 2.39 bits per heavy atom. The van der Waals surface area contributed by atoms with Crippen molar-refractivity contribution in [2.75, 3.05) is 26.6 Å². The average molecular weight is 378 g/mol. The number of amides is 1. The first-order valence-electron chi connectivity index (χ1n) is 8.53. The van der Waals surface area contributed by atoms with Gasteiger partial charge in [-0.25, -0.2) is 4.98 Å². The molecule has 0 fully saturated rings. The van der Waals surface area contributed by atoms with Crippen LogP contribution in [0.25, 0.3) is 22.0 Å². The van der Waals surface area contributed by atoms with Crippen LogP contribution >= 0.6 is 0 Å². The van der Waals surface area contributed by atoms with E-state index in [0.717, 1.165) is 16.3 Å². The zero-order chi connectivity index (χ0) is 19.7. The second kappa shape index (κ2) is 7.11. The van der Waals surface area contributed by atoms with Gasteiger partial charge in [-0.1, -0.05) is 0 Å². The van der Waals surface area contributed by atoms with Crippen molar-refractivity contribution in [3.05, 3.63) is 54.3 Å². The molecule has 0 aliphatic rings. The first kappa shape index (κ1) is 17.7. The number of nitrogens with one attached hydrogen (secondary N) is 1. The van der Waals surface area contributed by atoms with Gasteiger partial charge in [0.1, 0.15) is 17.2 Å². The van der Waals surface area contributed by atoms with Crippen LogP contribution in [0.4, 0.5) is 5.69 Å². The van der Waals surface area contributed by atoms with Crippen molar-refractivity contribution in [1.82, 2.24) is 4.98 Å². The van der Waals surface area contributed by atoms with E-state index in [-0.39, 0.29) is 5.76 Å². The summed E-state index contributed by atoms with van der Waals surface area (Å²) in [6.07, 6.45) is 0. The molecular weight excluding hydrogens is 360 g/mol. The Morgan fingerprint density at radius 2 is 1.64 bits per heavy atom. The summed E-state index contributed by atoms with van der Waals surface area (Å²) in [7, 11) is 4.68. The zero-order valence-corrected chi connectivity index (χ0v) is 15.6. The molecule has 0 unspecified atom stereocenters. The Hall–Kier alpha value is -3.74. The lowest BCUT2D eigenvalue weighted by Crippen LogP contribution is -2.11. The molecule has 142 valence electrons. The van der Waals surface area contributed by atoms with Crippen molar-refractivity contribution < 1.29 is 23.4 Å². The van der Waals surface area contributed by atoms with Crippen LogP contribution in [0.2, 0.25) is 0 Å². The maximum atomic E-state index is 12.7. The average Bonchev–Trinajstić information content (AvgIpc) is 3.14. The van der Waals surface area contributed by atoms with Gasteiger partial charge < -0.3 is 23.9 Å². The maximum Gasteiger partial charge on any atom is 0.291 e. The third kappa shape index (κ3) is 3.18. The summed E-state index contributed by atoms with van der Waals surface area (Å²) in [6, 6.07) is 14.3. The first-order chi connectivity index (χ1) is 13.6. The fourth-order valence-electron chi connectivity index (χ4n) is 2.94. The van der Waals surface area contributed by atoms with Crippen molar-refractivity contribution in [1.29, 1.82) is 0 Å². The standard InChI is InChI=1S/C21H18N2O5/c1-25-14-5-4-12-8-13-9-19(28-21(13)23-16(12)10-14)20(24)22-17-11-15(26-2)6-7-18(17)27-3/h4-11H,1-3H3,(H,22,24). The molecular formula is C21H18N2O5. The topological polar surface area (TPSA) is 82.8 Å². The first-order valence-corrected chi connectivity index (χ1v) is 8.53. The highest BCUT2D eigenvalue weighted by Crippen LogP contribution is 2.30. The number of hydrogen-bond acceptors (Lipinski definition) is 6. The van der Waals surface area contributed by atoms with Crippen molar-refractivity contribution in [2.45, 2.75) is 0 Å². The Morgan fingerprint density at radius 1 is 0.893 bits per heavy atom. The normalized spacial score (nSPS) is 10.8. The number of methoxy groups -OCH3 is 3. The quantitative estimate of drug-likeness (QED) is 0.559. The molecule has 28 heavy (non-hydrogen) atoms. The van der Waals surface area contributed by atoms with Crippen LogP contribution < -0.4 is 19.5 Å². The highest BCUT2D eigenvalue weighted by atomic mass is 16.5. The number of ether oxygens (including phenoxy) is 3. The predicted molar refractivity (Wildman–Crippen MR) is 106 cm³/mol. The molecule has 0 spiro atoms. The number of carbonyl (C=O) groups excluding carboxylic acids is 1. The van der Waals surface area contributed by atoms with Gasteiger partial charge in [0.15, 0.2) is 5.76 Å². The van der Waals surface area contributed by atoms with E-state index < -0.39 is 5.91 Å². The van der Waals surface area contributed by atoms with E-state index in [0.29, 0.717) is 28.6 Å². The molecule has 0 aliphatic heterocycles. The number of carbonyl (C=O) groups is 1. The van der Waals surface area contributed by atoms with E-state index in [1.165, 1.54) is 7.11 Å². The van der Waals surface area contributed by atoms with Gasteiger partial charge in [0, 0.05) is 22.9 Å². The van der Waals surface area contributed by atoms with Crippen LogP contribution in [0.3, 0.4) is 0 Å². The Bertz CT molecular complexity index is 1180. The molecule has 0 aliphatic carbocycles. The molecule has 4 rings (SSSR count). The second-order valence-electron chi connectivity index (χ2n) is 6.07. The largest absolute Gasteiger partial charge is 0.497 e. The van der Waals surface area contributed by atoms with Crippen LogP contribution in [0.1, 0.15) is 10.6 Å². The number of rotatable bonds is 5. The van der Waals surface area contributed by atoms with Gasteiger partial charge in [-0.05, 0) is 36.4 Å². The minimum Gasteiger partial charge on any atom is -0.497 e. The minimum absolute atomic E-state index is 0.148. The van der Waals surface area contributed by atoms with Crippen LogP contribution in [0.5, 0.6) is 17.2 Å². The lowest BCUT2D eigenvalue weighted by molar-refractivity contribution is 0.0998. The van der Waals surface area contributed by atoms with Crippen molar-refractivity contribution in [2.24, 2.45) is 0 Å². The SMILES string of the molecule is COc1ccc(OC)c(NC(=O)c2cc3cc4ccc(OC)cc4nc3o2)c1. The summed E-state index contributed by atoms with van der Waals surface area (Å²) < 4.78 is 21.4. The third-order valence-corrected chi connectivity index (χ3v) is 4.39. The van der Waals surface area contributed by atoms with Gasteiger partial charge in [-0.2, -0.15) is 0 Å². The number of benzene rings is 2. The molecule has 0 atom stereocenters. The van der Waals surface area contributed by atoms with Crippen molar-refractivity contribution in [3.63, 3.8) is 0 Å². The fraction of sp³-hybridized carbons (Fsp3) is 0.143. The lowest BCUT2D eigenvalue weighted by Gasteiger charge is -2.10. The van der Waals surface area contributed by atoms with E-state index in [9.17, 15) is 4.79 Å². The second-order valence-corrected chi connectivity index (χ2v) is 6.07. The zero-order valence-electron chi connectivity index (χ0n) is 15.6. The summed E-state index contributed by atoms with van der Waals surface area (Å²) in [6.45, 7) is 0. The molecule has 1 amide bonds. The van der Waals surface area contributed by atoms with E-state index in [1.807, 2.05) is 24.3 Å². The number of aromatic nitrogens is 1. The minimum atomic E-state index is -0.411. The molecule has 2 aromatic carbocycles.